The van der Waals surface area contributed by atoms with Crippen molar-refractivity contribution in [3.63, 3.8) is 0 Å². The van der Waals surface area contributed by atoms with Crippen LogP contribution in [0.3, 0.4) is 0 Å². The summed E-state index contributed by atoms with van der Waals surface area (Å²) in [6, 6.07) is 7.27. The Kier molecular flexibility index (Phi) is 4.61. The van der Waals surface area contributed by atoms with E-state index >= 15 is 0 Å². The van der Waals surface area contributed by atoms with Gasteiger partial charge in [0, 0.05) is 12.1 Å². The third kappa shape index (κ3) is 2.78. The molecule has 1 heterocycles. The number of hydrogen-bond acceptors (Lipinski definition) is 3. The zero-order valence-corrected chi connectivity index (χ0v) is 12.8. The molecule has 3 heteroatoms. The fourth-order valence-corrected chi connectivity index (χ4v) is 2.93. The summed E-state index contributed by atoms with van der Waals surface area (Å²) in [5.74, 6) is 0.957. The van der Waals surface area contributed by atoms with Gasteiger partial charge in [-0.1, -0.05) is 12.5 Å². The number of ketones is 1. The van der Waals surface area contributed by atoms with Gasteiger partial charge in [-0.3, -0.25) is 9.69 Å². The zero-order chi connectivity index (χ0) is 14.7. The summed E-state index contributed by atoms with van der Waals surface area (Å²) in [4.78, 5) is 14.9. The number of nitrogens with zero attached hydrogens (tertiary/aromatic N) is 1. The van der Waals surface area contributed by atoms with Crippen molar-refractivity contribution in [2.24, 2.45) is 0 Å². The van der Waals surface area contributed by atoms with E-state index in [9.17, 15) is 4.79 Å². The number of rotatable bonds is 4. The Bertz CT molecular complexity index is 516. The minimum absolute atomic E-state index is 0.118. The molecule has 1 aromatic carbocycles. The molecule has 0 aliphatic carbocycles. The van der Waals surface area contributed by atoms with E-state index in [0.29, 0.717) is 0 Å². The molecule has 1 unspecified atom stereocenters. The predicted molar refractivity (Wildman–Crippen MR) is 81.4 cm³/mol. The summed E-state index contributed by atoms with van der Waals surface area (Å²) < 4.78 is 5.14. The minimum atomic E-state index is -0.118. The van der Waals surface area contributed by atoms with Gasteiger partial charge in [-0.15, -0.1) is 0 Å². The van der Waals surface area contributed by atoms with Gasteiger partial charge < -0.3 is 4.74 Å². The Morgan fingerprint density at radius 3 is 2.55 bits per heavy atom. The van der Waals surface area contributed by atoms with E-state index in [0.717, 1.165) is 30.7 Å². The summed E-state index contributed by atoms with van der Waals surface area (Å²) in [5.41, 5.74) is 3.40. The maximum atomic E-state index is 12.8. The van der Waals surface area contributed by atoms with Crippen LogP contribution in [0.1, 0.15) is 37.0 Å². The highest BCUT2D eigenvalue weighted by Crippen LogP contribution is 2.27. The smallest absolute Gasteiger partial charge is 0.184 e. The molecular weight excluding hydrogens is 250 g/mol. The van der Waals surface area contributed by atoms with Gasteiger partial charge in [0.05, 0.1) is 13.2 Å². The Morgan fingerprint density at radius 2 is 2.00 bits per heavy atom. The fraction of sp³-hybridized carbons (Fsp3) is 0.471. The second-order valence-corrected chi connectivity index (χ2v) is 5.37. The number of methoxy groups -OCH3 is 1. The van der Waals surface area contributed by atoms with Gasteiger partial charge in [0.2, 0.25) is 0 Å². The molecule has 1 aromatic rings. The van der Waals surface area contributed by atoms with Crippen molar-refractivity contribution in [3.8, 4) is 5.75 Å². The van der Waals surface area contributed by atoms with Crippen LogP contribution in [0.25, 0.3) is 0 Å². The molecule has 1 aliphatic rings. The lowest BCUT2D eigenvalue weighted by Crippen LogP contribution is -2.43. The molecule has 3 nitrogen and oxygen atoms in total. The molecule has 0 fully saturated rings. The lowest BCUT2D eigenvalue weighted by Gasteiger charge is -2.34. The third-order valence-electron chi connectivity index (χ3n) is 4.22. The van der Waals surface area contributed by atoms with Crippen LogP contribution in [0.2, 0.25) is 0 Å². The first-order valence-electron chi connectivity index (χ1n) is 7.15. The summed E-state index contributed by atoms with van der Waals surface area (Å²) in [6.07, 6.45) is 2.11. The molecule has 2 rings (SSSR count). The summed E-state index contributed by atoms with van der Waals surface area (Å²) in [6.45, 7) is 5.22. The molecule has 108 valence electrons. The SMILES string of the molecule is CCC1=C(C)C(C(=O)c2ccc(OC)cc2)N(C)CC1. The van der Waals surface area contributed by atoms with Gasteiger partial charge >= 0.3 is 0 Å². The lowest BCUT2D eigenvalue weighted by atomic mass is 9.88. The number of benzene rings is 1. The van der Waals surface area contributed by atoms with Crippen molar-refractivity contribution in [1.82, 2.24) is 4.90 Å². The number of Topliss-reactive ketones (excluding diaryl/α,β-unsaturated/α-hetero) is 1. The quantitative estimate of drug-likeness (QED) is 0.622. The van der Waals surface area contributed by atoms with E-state index in [1.807, 2.05) is 31.3 Å². The van der Waals surface area contributed by atoms with Gasteiger partial charge in [-0.25, -0.2) is 0 Å². The second-order valence-electron chi connectivity index (χ2n) is 5.37. The van der Waals surface area contributed by atoms with E-state index in [2.05, 4.69) is 18.7 Å². The molecule has 0 radical (unpaired) electrons. The number of hydrogen-bond donors (Lipinski definition) is 0. The molecule has 0 bridgehead atoms. The van der Waals surface area contributed by atoms with E-state index in [1.54, 1.807) is 7.11 Å². The maximum Gasteiger partial charge on any atom is 0.184 e. The van der Waals surface area contributed by atoms with E-state index in [1.165, 1.54) is 11.1 Å². The van der Waals surface area contributed by atoms with Gasteiger partial charge in [-0.05, 0) is 56.7 Å². The lowest BCUT2D eigenvalue weighted by molar-refractivity contribution is 0.0874. The molecule has 0 saturated carbocycles. The average Bonchev–Trinajstić information content (AvgIpc) is 2.47. The zero-order valence-electron chi connectivity index (χ0n) is 12.8. The summed E-state index contributed by atoms with van der Waals surface area (Å²) >= 11 is 0. The van der Waals surface area contributed by atoms with Crippen LogP contribution in [0.4, 0.5) is 0 Å². The predicted octanol–water partition coefficient (Wildman–Crippen LogP) is 3.31. The Balaban J connectivity index is 2.30. The Morgan fingerprint density at radius 1 is 1.35 bits per heavy atom. The van der Waals surface area contributed by atoms with Gasteiger partial charge in [0.15, 0.2) is 5.78 Å². The van der Waals surface area contributed by atoms with Crippen LogP contribution in [-0.2, 0) is 0 Å². The highest BCUT2D eigenvalue weighted by Gasteiger charge is 2.30. The summed E-state index contributed by atoms with van der Waals surface area (Å²) in [7, 11) is 3.66. The van der Waals surface area contributed by atoms with Crippen molar-refractivity contribution in [2.75, 3.05) is 20.7 Å². The van der Waals surface area contributed by atoms with Crippen LogP contribution >= 0.6 is 0 Å². The molecule has 1 atom stereocenters. The van der Waals surface area contributed by atoms with Crippen molar-refractivity contribution >= 4 is 5.78 Å². The average molecular weight is 273 g/mol. The molecule has 20 heavy (non-hydrogen) atoms. The second kappa shape index (κ2) is 6.23. The van der Waals surface area contributed by atoms with Crippen molar-refractivity contribution < 1.29 is 9.53 Å². The van der Waals surface area contributed by atoms with Crippen molar-refractivity contribution in [2.45, 2.75) is 32.7 Å². The van der Waals surface area contributed by atoms with Crippen LogP contribution < -0.4 is 4.74 Å². The number of carbonyl (C=O) groups is 1. The molecule has 0 N–H and O–H groups in total. The first-order valence-corrected chi connectivity index (χ1v) is 7.15. The van der Waals surface area contributed by atoms with Crippen molar-refractivity contribution in [3.05, 3.63) is 41.0 Å². The van der Waals surface area contributed by atoms with E-state index in [-0.39, 0.29) is 11.8 Å². The van der Waals surface area contributed by atoms with Gasteiger partial charge in [-0.2, -0.15) is 0 Å². The monoisotopic (exact) mass is 273 g/mol. The maximum absolute atomic E-state index is 12.8. The Labute approximate surface area is 121 Å². The van der Waals surface area contributed by atoms with E-state index < -0.39 is 0 Å². The van der Waals surface area contributed by atoms with Crippen LogP contribution in [0.5, 0.6) is 5.75 Å². The third-order valence-corrected chi connectivity index (χ3v) is 4.22. The normalized spacial score (nSPS) is 20.1. The molecule has 1 aliphatic heterocycles. The van der Waals surface area contributed by atoms with Gasteiger partial charge in [0.1, 0.15) is 5.75 Å². The topological polar surface area (TPSA) is 29.5 Å². The molecular formula is C17H23NO2. The minimum Gasteiger partial charge on any atom is -0.497 e. The largest absolute Gasteiger partial charge is 0.497 e. The number of carbonyl (C=O) groups excluding carboxylic acids is 1. The molecule has 0 amide bonds. The first-order chi connectivity index (χ1) is 9.58. The van der Waals surface area contributed by atoms with Crippen molar-refractivity contribution in [1.29, 1.82) is 0 Å². The number of ether oxygens (including phenoxy) is 1. The molecule has 0 spiro atoms. The van der Waals surface area contributed by atoms with Gasteiger partial charge in [0.25, 0.3) is 0 Å². The Hall–Kier alpha value is -1.61. The number of likely N-dealkylation sites (N-methyl/N-ethyl adjacent to an activating group) is 1. The van der Waals surface area contributed by atoms with Crippen LogP contribution in [0.15, 0.2) is 35.4 Å². The summed E-state index contributed by atoms with van der Waals surface area (Å²) in [5, 5.41) is 0. The molecule has 0 aromatic heterocycles. The highest BCUT2D eigenvalue weighted by atomic mass is 16.5. The highest BCUT2D eigenvalue weighted by molar-refractivity contribution is 6.02. The van der Waals surface area contributed by atoms with E-state index in [4.69, 9.17) is 4.74 Å². The van der Waals surface area contributed by atoms with Crippen LogP contribution in [0, 0.1) is 0 Å². The first kappa shape index (κ1) is 14.8. The standard InChI is InChI=1S/C17H23NO2/c1-5-13-10-11-18(3)16(12(13)2)17(19)14-6-8-15(20-4)9-7-14/h6-9,16H,5,10-11H2,1-4H3. The van der Waals surface area contributed by atoms with Crippen LogP contribution in [-0.4, -0.2) is 37.4 Å². The molecule has 0 saturated heterocycles. The fourth-order valence-electron chi connectivity index (χ4n) is 2.93.